The zero-order valence-corrected chi connectivity index (χ0v) is 18.8. The Hall–Kier alpha value is -2.22. The molecule has 0 aliphatic heterocycles. The number of carboxylic acids is 1. The predicted octanol–water partition coefficient (Wildman–Crippen LogP) is 5.03. The Kier molecular flexibility index (Phi) is 7.86. The number of hydrogen-bond acceptors (Lipinski definition) is 6. The summed E-state index contributed by atoms with van der Waals surface area (Å²) in [5.41, 5.74) is 2.90. The minimum atomic E-state index is -1.63. The molecule has 3 rings (SSSR count). The first-order valence-electron chi connectivity index (χ1n) is 11.0. The SMILES string of the molecule is CCCOC(C)(O[C@@H]1CCC[C@H](OCc2nc(-c3ccc(C)cc3)oc2C)C1)C(=O)O. The lowest BCUT2D eigenvalue weighted by molar-refractivity contribution is -0.258. The van der Waals surface area contributed by atoms with Crippen LogP contribution in [0.25, 0.3) is 11.5 Å². The Bertz CT molecular complexity index is 861. The number of hydrogen-bond donors (Lipinski definition) is 1. The lowest BCUT2D eigenvalue weighted by Gasteiger charge is -2.35. The van der Waals surface area contributed by atoms with Crippen molar-refractivity contribution >= 4 is 5.97 Å². The number of aryl methyl sites for hydroxylation is 2. The number of rotatable bonds is 10. The van der Waals surface area contributed by atoms with Gasteiger partial charge in [0.2, 0.25) is 5.89 Å². The highest BCUT2D eigenvalue weighted by Crippen LogP contribution is 2.29. The number of carboxylic acid groups (broad SMARTS) is 1. The summed E-state index contributed by atoms with van der Waals surface area (Å²) in [5.74, 6) is -1.41. The maximum Gasteiger partial charge on any atom is 0.364 e. The average molecular weight is 432 g/mol. The summed E-state index contributed by atoms with van der Waals surface area (Å²) in [5, 5.41) is 9.55. The summed E-state index contributed by atoms with van der Waals surface area (Å²) in [4.78, 5) is 16.3. The molecule has 0 spiro atoms. The number of ether oxygens (including phenoxy) is 3. The van der Waals surface area contributed by atoms with Gasteiger partial charge in [-0.3, -0.25) is 0 Å². The van der Waals surface area contributed by atoms with Gasteiger partial charge in [-0.25, -0.2) is 9.78 Å². The molecule has 1 heterocycles. The maximum atomic E-state index is 11.7. The fourth-order valence-electron chi connectivity index (χ4n) is 3.70. The molecule has 0 amide bonds. The molecule has 1 N–H and O–H groups in total. The Labute approximate surface area is 183 Å². The van der Waals surface area contributed by atoms with Crippen LogP contribution in [0.4, 0.5) is 0 Å². The Morgan fingerprint density at radius 2 is 1.94 bits per heavy atom. The zero-order valence-electron chi connectivity index (χ0n) is 18.8. The van der Waals surface area contributed by atoms with Crippen LogP contribution in [0.2, 0.25) is 0 Å². The van der Waals surface area contributed by atoms with Crippen molar-refractivity contribution in [2.24, 2.45) is 0 Å². The van der Waals surface area contributed by atoms with Crippen LogP contribution in [0.15, 0.2) is 28.7 Å². The molecule has 3 atom stereocenters. The third kappa shape index (κ3) is 6.15. The van der Waals surface area contributed by atoms with Crippen LogP contribution in [-0.4, -0.2) is 40.7 Å². The highest BCUT2D eigenvalue weighted by atomic mass is 16.7. The van der Waals surface area contributed by atoms with Crippen molar-refractivity contribution in [3.05, 3.63) is 41.3 Å². The molecular formula is C24H33NO6. The number of aliphatic carboxylic acids is 1. The lowest BCUT2D eigenvalue weighted by Crippen LogP contribution is -2.46. The molecule has 1 fully saturated rings. The molecule has 1 aliphatic carbocycles. The van der Waals surface area contributed by atoms with Crippen molar-refractivity contribution < 1.29 is 28.5 Å². The van der Waals surface area contributed by atoms with E-state index in [0.29, 0.717) is 25.5 Å². The van der Waals surface area contributed by atoms with E-state index in [1.165, 1.54) is 12.5 Å². The normalized spacial score (nSPS) is 21.0. The maximum absolute atomic E-state index is 11.7. The third-order valence-electron chi connectivity index (χ3n) is 5.59. The van der Waals surface area contributed by atoms with Gasteiger partial charge >= 0.3 is 5.97 Å². The van der Waals surface area contributed by atoms with E-state index in [9.17, 15) is 9.90 Å². The topological polar surface area (TPSA) is 91.0 Å². The van der Waals surface area contributed by atoms with E-state index in [4.69, 9.17) is 18.6 Å². The van der Waals surface area contributed by atoms with Gasteiger partial charge in [0.15, 0.2) is 0 Å². The first kappa shape index (κ1) is 23.4. The molecule has 1 saturated carbocycles. The minimum Gasteiger partial charge on any atom is -0.477 e. The van der Waals surface area contributed by atoms with E-state index < -0.39 is 11.8 Å². The quantitative estimate of drug-likeness (QED) is 0.528. The van der Waals surface area contributed by atoms with Crippen molar-refractivity contribution in [3.63, 3.8) is 0 Å². The number of benzene rings is 1. The molecule has 1 aromatic heterocycles. The van der Waals surface area contributed by atoms with E-state index in [1.54, 1.807) is 0 Å². The molecule has 0 bridgehead atoms. The number of nitrogens with zero attached hydrogens (tertiary/aromatic N) is 1. The van der Waals surface area contributed by atoms with E-state index in [0.717, 1.165) is 42.7 Å². The smallest absolute Gasteiger partial charge is 0.364 e. The summed E-state index contributed by atoms with van der Waals surface area (Å²) in [6.07, 6.45) is 3.70. The van der Waals surface area contributed by atoms with Crippen molar-refractivity contribution in [1.29, 1.82) is 0 Å². The van der Waals surface area contributed by atoms with Gasteiger partial charge in [0.05, 0.1) is 25.4 Å². The summed E-state index contributed by atoms with van der Waals surface area (Å²) in [6, 6.07) is 8.05. The molecule has 1 aliphatic rings. The monoisotopic (exact) mass is 431 g/mol. The van der Waals surface area contributed by atoms with Gasteiger partial charge in [0, 0.05) is 12.5 Å². The molecule has 7 heteroatoms. The number of aromatic nitrogens is 1. The summed E-state index contributed by atoms with van der Waals surface area (Å²) >= 11 is 0. The zero-order chi connectivity index (χ0) is 22.4. The summed E-state index contributed by atoms with van der Waals surface area (Å²) in [7, 11) is 0. The first-order valence-corrected chi connectivity index (χ1v) is 11.0. The minimum absolute atomic E-state index is 0.0260. The number of oxazole rings is 1. The molecule has 0 saturated heterocycles. The van der Waals surface area contributed by atoms with Gasteiger partial charge in [-0.05, 0) is 58.1 Å². The van der Waals surface area contributed by atoms with E-state index in [2.05, 4.69) is 4.98 Å². The highest BCUT2D eigenvalue weighted by Gasteiger charge is 2.39. The van der Waals surface area contributed by atoms with Crippen LogP contribution < -0.4 is 0 Å². The molecule has 7 nitrogen and oxygen atoms in total. The Morgan fingerprint density at radius 1 is 1.23 bits per heavy atom. The average Bonchev–Trinajstić information content (AvgIpc) is 3.12. The third-order valence-corrected chi connectivity index (χ3v) is 5.59. The van der Waals surface area contributed by atoms with Gasteiger partial charge in [0.1, 0.15) is 11.5 Å². The predicted molar refractivity (Wildman–Crippen MR) is 116 cm³/mol. The second-order valence-corrected chi connectivity index (χ2v) is 8.33. The fourth-order valence-corrected chi connectivity index (χ4v) is 3.70. The molecule has 1 unspecified atom stereocenters. The van der Waals surface area contributed by atoms with Crippen molar-refractivity contribution in [3.8, 4) is 11.5 Å². The van der Waals surface area contributed by atoms with Crippen LogP contribution in [0.5, 0.6) is 0 Å². The van der Waals surface area contributed by atoms with Crippen LogP contribution in [-0.2, 0) is 25.6 Å². The van der Waals surface area contributed by atoms with E-state index in [1.807, 2.05) is 45.0 Å². The summed E-state index contributed by atoms with van der Waals surface area (Å²) in [6.45, 7) is 8.02. The van der Waals surface area contributed by atoms with Gasteiger partial charge < -0.3 is 23.7 Å². The van der Waals surface area contributed by atoms with Gasteiger partial charge in [-0.15, -0.1) is 0 Å². The van der Waals surface area contributed by atoms with E-state index in [-0.39, 0.29) is 12.2 Å². The Morgan fingerprint density at radius 3 is 2.61 bits per heavy atom. The van der Waals surface area contributed by atoms with Crippen molar-refractivity contribution in [2.75, 3.05) is 6.61 Å². The fraction of sp³-hybridized carbons (Fsp3) is 0.583. The molecule has 31 heavy (non-hydrogen) atoms. The standard InChI is InChI=1S/C24H33NO6/c1-5-13-29-24(4,23(26)27)31-20-8-6-7-19(14-20)28-15-21-17(3)30-22(25-21)18-11-9-16(2)10-12-18/h9-12,19-20H,5-8,13-15H2,1-4H3,(H,26,27)/t19-,20+,24?/m0/s1. The molecule has 2 aromatic rings. The molecule has 170 valence electrons. The molecular weight excluding hydrogens is 398 g/mol. The second kappa shape index (κ2) is 10.4. The van der Waals surface area contributed by atoms with Gasteiger partial charge in [-0.1, -0.05) is 24.6 Å². The van der Waals surface area contributed by atoms with Crippen LogP contribution in [0, 0.1) is 13.8 Å². The summed E-state index contributed by atoms with van der Waals surface area (Å²) < 4.78 is 23.3. The number of carbonyl (C=O) groups is 1. The second-order valence-electron chi connectivity index (χ2n) is 8.33. The highest BCUT2D eigenvalue weighted by molar-refractivity contribution is 5.75. The van der Waals surface area contributed by atoms with Crippen LogP contribution in [0.3, 0.4) is 0 Å². The van der Waals surface area contributed by atoms with Crippen molar-refractivity contribution in [2.45, 2.75) is 84.4 Å². The molecule has 1 aromatic carbocycles. The Balaban J connectivity index is 1.57. The van der Waals surface area contributed by atoms with Gasteiger partial charge in [-0.2, -0.15) is 0 Å². The van der Waals surface area contributed by atoms with Crippen LogP contribution >= 0.6 is 0 Å². The largest absolute Gasteiger partial charge is 0.477 e. The first-order chi connectivity index (χ1) is 14.8. The van der Waals surface area contributed by atoms with E-state index >= 15 is 0 Å². The van der Waals surface area contributed by atoms with Crippen LogP contribution in [0.1, 0.15) is 63.0 Å². The van der Waals surface area contributed by atoms with Gasteiger partial charge in [0.25, 0.3) is 5.79 Å². The lowest BCUT2D eigenvalue weighted by atomic mass is 9.94. The molecule has 0 radical (unpaired) electrons. The van der Waals surface area contributed by atoms with Crippen molar-refractivity contribution in [1.82, 2.24) is 4.98 Å².